The van der Waals surface area contributed by atoms with Crippen LogP contribution in [-0.2, 0) is 42.1 Å². The first kappa shape index (κ1) is 60.2. The summed E-state index contributed by atoms with van der Waals surface area (Å²) in [4.78, 5) is 51.2. The van der Waals surface area contributed by atoms with Gasteiger partial charge >= 0.3 is 12.3 Å². The lowest BCUT2D eigenvalue weighted by Crippen LogP contribution is -2.50. The number of rotatable bonds is 16. The Morgan fingerprint density at radius 2 is 1.39 bits per heavy atom. The molecule has 0 atom stereocenters. The van der Waals surface area contributed by atoms with Gasteiger partial charge in [0, 0.05) is 105 Å². The van der Waals surface area contributed by atoms with Crippen LogP contribution in [0.25, 0.3) is 43.9 Å². The molecule has 0 aliphatic carbocycles. The molecule has 0 saturated carbocycles. The topological polar surface area (TPSA) is 214 Å². The van der Waals surface area contributed by atoms with Crippen LogP contribution in [0.2, 0.25) is 0 Å². The third-order valence-corrected chi connectivity index (χ3v) is 14.4. The summed E-state index contributed by atoms with van der Waals surface area (Å²) in [5.74, 6) is 4.77. The maximum Gasteiger partial charge on any atom is 0.446 e. The first-order valence-corrected chi connectivity index (χ1v) is 28.1. The summed E-state index contributed by atoms with van der Waals surface area (Å²) in [6.07, 6.45) is 0.0826. The number of methoxy groups -OCH3 is 2. The van der Waals surface area contributed by atoms with E-state index in [4.69, 9.17) is 39.7 Å². The number of nitrogens with two attached hydrogens (primary N) is 1. The van der Waals surface area contributed by atoms with Crippen molar-refractivity contribution in [3.8, 4) is 11.5 Å². The number of nitrogens with one attached hydrogen (secondary N) is 3. The summed E-state index contributed by atoms with van der Waals surface area (Å²) in [7, 11) is 3.36. The Kier molecular flexibility index (Phi) is 19.7. The van der Waals surface area contributed by atoms with Gasteiger partial charge in [-0.1, -0.05) is 51.0 Å². The van der Waals surface area contributed by atoms with Crippen LogP contribution in [-0.4, -0.2) is 130 Å². The molecule has 8 aromatic rings. The predicted octanol–water partition coefficient (Wildman–Crippen LogP) is 10.7. The number of nitrogen functional groups attached to an aromatic ring is 1. The van der Waals surface area contributed by atoms with Crippen LogP contribution < -0.4 is 35.6 Å². The number of imidazole rings is 2. The lowest BCUT2D eigenvalue weighted by Gasteiger charge is -2.36. The van der Waals surface area contributed by atoms with Crippen LogP contribution in [0.5, 0.6) is 11.5 Å². The fourth-order valence-corrected chi connectivity index (χ4v) is 10.2. The lowest BCUT2D eigenvalue weighted by atomic mass is 10.1. The number of hydrogen-bond acceptors (Lipinski definition) is 15. The van der Waals surface area contributed by atoms with Crippen molar-refractivity contribution in [2.45, 2.75) is 112 Å². The number of aliphatic hydroxyl groups excluding tert-OH is 1. The molecule has 0 spiro atoms. The van der Waals surface area contributed by atoms with E-state index in [1.54, 1.807) is 19.1 Å². The molecule has 2 aliphatic heterocycles. The van der Waals surface area contributed by atoms with Crippen molar-refractivity contribution in [3.05, 3.63) is 107 Å². The number of aromatic nitrogens is 6. The van der Waals surface area contributed by atoms with E-state index in [9.17, 15) is 23.1 Å². The molecule has 2 saturated heterocycles. The van der Waals surface area contributed by atoms with Crippen LogP contribution >= 0.6 is 0 Å². The monoisotopic (exact) mass is 1130 g/mol. The minimum absolute atomic E-state index is 0.0572. The van der Waals surface area contributed by atoms with E-state index in [1.807, 2.05) is 45.0 Å². The Labute approximate surface area is 476 Å². The van der Waals surface area contributed by atoms with E-state index in [0.29, 0.717) is 50.9 Å². The standard InChI is InChI=1S/C41H52N6O5.C18H24N6.C2HF3O/c1-8-9-10-36-44-37-38(47(36)25-30-14-12-28(26-48)22-35(30)51-7)32-23-31(45-17-19-46(20-18-45)40(49)52-41(3,4)5)15-16-33(32)43-39(37)42-24-29-13-11-27(2)21-34(29)50-6;1-2-3-4-15-22-16-13-11-12(24-9-7-20-8-10-24)5-6-14(13)21-18(19)17(16)23-15;3-2(4,5)1-6/h11-16,21-23,48H,8-10,17-20,24-26H2,1-7H3,(H,42,43);5-6,11,20H,2-4,7-10H2,1H3,(H2,19,21)(H,22,23);1H. The molecule has 21 heteroatoms. The molecule has 10 rings (SSSR count). The number of nitrogens with zero attached hydrogens (tertiary/aromatic N) is 8. The molecule has 0 unspecified atom stereocenters. The van der Waals surface area contributed by atoms with Crippen molar-refractivity contribution >= 4 is 79.3 Å². The molecule has 4 aromatic carbocycles. The highest BCUT2D eigenvalue weighted by molar-refractivity contribution is 6.09. The minimum atomic E-state index is -4.64. The Morgan fingerprint density at radius 1 is 0.768 bits per heavy atom. The first-order chi connectivity index (χ1) is 39.3. The van der Waals surface area contributed by atoms with Gasteiger partial charge in [-0.3, -0.25) is 4.79 Å². The zero-order valence-electron chi connectivity index (χ0n) is 48.3. The number of carbonyl (C=O) groups is 2. The van der Waals surface area contributed by atoms with Gasteiger partial charge in [0.1, 0.15) is 51.1 Å². The number of aryl methyl sites for hydroxylation is 3. The van der Waals surface area contributed by atoms with Gasteiger partial charge in [-0.25, -0.2) is 24.7 Å². The molecule has 0 bridgehead atoms. The number of alkyl halides is 3. The van der Waals surface area contributed by atoms with E-state index >= 15 is 0 Å². The summed E-state index contributed by atoms with van der Waals surface area (Å²) in [6.45, 7) is 19.7. The maximum absolute atomic E-state index is 12.8. The highest BCUT2D eigenvalue weighted by Gasteiger charge is 2.28. The van der Waals surface area contributed by atoms with Gasteiger partial charge < -0.3 is 59.9 Å². The van der Waals surface area contributed by atoms with Crippen LogP contribution in [0.15, 0.2) is 72.8 Å². The van der Waals surface area contributed by atoms with Crippen LogP contribution in [0.3, 0.4) is 0 Å². The molecule has 6 heterocycles. The normalized spacial score (nSPS) is 13.9. The molecule has 4 aromatic heterocycles. The smallest absolute Gasteiger partial charge is 0.446 e. The van der Waals surface area contributed by atoms with Gasteiger partial charge in [0.25, 0.3) is 0 Å². The number of H-pyrrole nitrogens is 1. The third-order valence-electron chi connectivity index (χ3n) is 14.4. The molecular weight excluding hydrogens is 1050 g/mol. The average molecular weight is 1130 g/mol. The second-order valence-electron chi connectivity index (χ2n) is 21.6. The molecule has 438 valence electrons. The highest BCUT2D eigenvalue weighted by Crippen LogP contribution is 2.36. The van der Waals surface area contributed by atoms with Gasteiger partial charge in [0.05, 0.1) is 43.9 Å². The van der Waals surface area contributed by atoms with Crippen molar-refractivity contribution < 1.29 is 42.1 Å². The van der Waals surface area contributed by atoms with E-state index in [0.717, 1.165) is 160 Å². The Balaban J connectivity index is 0.000000240. The van der Waals surface area contributed by atoms with Crippen LogP contribution in [0.1, 0.15) is 94.2 Å². The number of anilines is 4. The van der Waals surface area contributed by atoms with Gasteiger partial charge in [-0.05, 0) is 100 Å². The zero-order valence-corrected chi connectivity index (χ0v) is 48.3. The van der Waals surface area contributed by atoms with Crippen molar-refractivity contribution in [2.75, 3.05) is 87.4 Å². The average Bonchev–Trinajstić information content (AvgIpc) is 4.30. The van der Waals surface area contributed by atoms with Crippen LogP contribution in [0, 0.1) is 6.92 Å². The molecule has 82 heavy (non-hydrogen) atoms. The second kappa shape index (κ2) is 26.8. The maximum atomic E-state index is 12.8. The summed E-state index contributed by atoms with van der Waals surface area (Å²) >= 11 is 0. The van der Waals surface area contributed by atoms with Gasteiger partial charge in [-0.2, -0.15) is 13.2 Å². The Bertz CT molecular complexity index is 3490. The molecule has 2 aliphatic rings. The first-order valence-electron chi connectivity index (χ1n) is 28.1. The Hall–Kier alpha value is -7.91. The number of fused-ring (bicyclic) bond motifs is 6. The molecule has 0 radical (unpaired) electrons. The number of pyridine rings is 2. The third kappa shape index (κ3) is 14.8. The van der Waals surface area contributed by atoms with E-state index in [2.05, 4.69) is 104 Å². The second-order valence-corrected chi connectivity index (χ2v) is 21.6. The zero-order chi connectivity index (χ0) is 58.7. The van der Waals surface area contributed by atoms with Crippen LogP contribution in [0.4, 0.5) is 41.0 Å². The molecule has 2 fully saturated rings. The number of benzene rings is 4. The minimum Gasteiger partial charge on any atom is -0.496 e. The van der Waals surface area contributed by atoms with E-state index in [1.165, 1.54) is 5.69 Å². The van der Waals surface area contributed by atoms with E-state index < -0.39 is 18.1 Å². The number of carbonyl (C=O) groups excluding carboxylic acids is 2. The van der Waals surface area contributed by atoms with Crippen molar-refractivity contribution in [2.24, 2.45) is 0 Å². The van der Waals surface area contributed by atoms with Crippen molar-refractivity contribution in [1.29, 1.82) is 0 Å². The molecular formula is C61H77F3N12O6. The van der Waals surface area contributed by atoms with Crippen molar-refractivity contribution in [3.63, 3.8) is 0 Å². The molecule has 18 nitrogen and oxygen atoms in total. The summed E-state index contributed by atoms with van der Waals surface area (Å²) in [5, 5.41) is 18.9. The quantitative estimate of drug-likeness (QED) is 0.0569. The van der Waals surface area contributed by atoms with Gasteiger partial charge in [0.2, 0.25) is 6.29 Å². The fraction of sp³-hybridized carbons (Fsp3) is 0.443. The number of halogens is 3. The predicted molar refractivity (Wildman–Crippen MR) is 318 cm³/mol. The summed E-state index contributed by atoms with van der Waals surface area (Å²) in [5.41, 5.74) is 17.2. The number of piperazine rings is 2. The molecule has 1 amide bonds. The number of ether oxygens (including phenoxy) is 3. The number of hydrogen-bond donors (Lipinski definition) is 5. The number of aliphatic hydroxyl groups is 1. The molecule has 6 N–H and O–H groups in total. The lowest BCUT2D eigenvalue weighted by molar-refractivity contribution is -0.156. The number of aldehydes is 1. The van der Waals surface area contributed by atoms with E-state index in [-0.39, 0.29) is 12.7 Å². The summed E-state index contributed by atoms with van der Waals surface area (Å²) < 4.78 is 50.7. The fourth-order valence-electron chi connectivity index (χ4n) is 10.2. The van der Waals surface area contributed by atoms with Crippen molar-refractivity contribution in [1.82, 2.24) is 39.7 Å². The Morgan fingerprint density at radius 3 is 2.02 bits per heavy atom. The van der Waals surface area contributed by atoms with Gasteiger partial charge in [0.15, 0.2) is 5.82 Å². The number of unbranched alkanes of at least 4 members (excludes halogenated alkanes) is 2. The number of aromatic amines is 1. The highest BCUT2D eigenvalue weighted by atomic mass is 19.4. The largest absolute Gasteiger partial charge is 0.496 e. The summed E-state index contributed by atoms with van der Waals surface area (Å²) in [6, 6.07) is 24.9. The van der Waals surface area contributed by atoms with Gasteiger partial charge in [-0.15, -0.1) is 0 Å². The number of amides is 1. The SMILES string of the molecule is CCCCc1nc2c(NCc3ccc(C)cc3OC)nc3ccc(N4CCN(C(=O)OC(C)(C)C)CC4)cc3c2n1Cc1ccc(CO)cc1OC.CCCCc1nc2c([nH]1)c(N)nc1ccc(N3CCNCC3)cc12.O=CC(F)(F)F.